The van der Waals surface area contributed by atoms with Crippen molar-refractivity contribution in [1.29, 1.82) is 0 Å². The molecule has 0 aliphatic rings. The van der Waals surface area contributed by atoms with Crippen molar-refractivity contribution in [2.45, 2.75) is 33.0 Å². The summed E-state index contributed by atoms with van der Waals surface area (Å²) in [6.45, 7) is 5.41. The van der Waals surface area contributed by atoms with Gasteiger partial charge in [-0.05, 0) is 19.8 Å². The Hall–Kier alpha value is -0.120. The van der Waals surface area contributed by atoms with Crippen LogP contribution in [0, 0.1) is 0 Å². The number of aliphatic hydroxyl groups is 1. The highest BCUT2D eigenvalue weighted by Crippen LogP contribution is 1.95. The normalized spacial score (nSPS) is 13.4. The van der Waals surface area contributed by atoms with Crippen LogP contribution in [0.1, 0.15) is 26.7 Å². The van der Waals surface area contributed by atoms with Crippen LogP contribution in [0.3, 0.4) is 0 Å². The second kappa shape index (κ2) is 7.98. The van der Waals surface area contributed by atoms with Gasteiger partial charge in [-0.15, -0.1) is 0 Å². The fourth-order valence-electron chi connectivity index (χ4n) is 0.646. The van der Waals surface area contributed by atoms with Gasteiger partial charge in [0.15, 0.2) is 6.29 Å². The molecular weight excluding hydrogens is 144 g/mol. The van der Waals surface area contributed by atoms with Gasteiger partial charge in [-0.3, -0.25) is 0 Å². The first-order chi connectivity index (χ1) is 5.31. The second-order valence-electron chi connectivity index (χ2n) is 2.39. The lowest BCUT2D eigenvalue weighted by Crippen LogP contribution is -2.14. The van der Waals surface area contributed by atoms with Crippen molar-refractivity contribution in [3.63, 3.8) is 0 Å². The predicted octanol–water partition coefficient (Wildman–Crippen LogP) is 1.16. The van der Waals surface area contributed by atoms with Crippen molar-refractivity contribution in [2.24, 2.45) is 0 Å². The largest absolute Gasteiger partial charge is 0.396 e. The quantitative estimate of drug-likeness (QED) is 0.451. The maximum absolute atomic E-state index is 8.43. The van der Waals surface area contributed by atoms with E-state index in [1.807, 2.05) is 6.92 Å². The van der Waals surface area contributed by atoms with Crippen LogP contribution in [-0.4, -0.2) is 31.2 Å². The van der Waals surface area contributed by atoms with Crippen LogP contribution < -0.4 is 0 Å². The minimum Gasteiger partial charge on any atom is -0.396 e. The summed E-state index contributed by atoms with van der Waals surface area (Å²) in [4.78, 5) is 0. The summed E-state index contributed by atoms with van der Waals surface area (Å²) < 4.78 is 10.4. The number of hydrogen-bond acceptors (Lipinski definition) is 3. The number of ether oxygens (including phenoxy) is 2. The first kappa shape index (κ1) is 10.9. The van der Waals surface area contributed by atoms with Crippen molar-refractivity contribution in [3.8, 4) is 0 Å². The fraction of sp³-hybridized carbons (Fsp3) is 1.00. The van der Waals surface area contributed by atoms with E-state index in [2.05, 4.69) is 6.92 Å². The third-order valence-corrected chi connectivity index (χ3v) is 1.21. The molecule has 0 heterocycles. The average Bonchev–Trinajstić information content (AvgIpc) is 2.01. The Bertz CT molecular complexity index is 75.7. The molecule has 3 heteroatoms. The molecule has 0 saturated heterocycles. The summed E-state index contributed by atoms with van der Waals surface area (Å²) in [6.07, 6.45) is 1.55. The zero-order chi connectivity index (χ0) is 8.53. The van der Waals surface area contributed by atoms with Gasteiger partial charge in [0.05, 0.1) is 6.61 Å². The highest BCUT2D eigenvalue weighted by Gasteiger charge is 1.98. The van der Waals surface area contributed by atoms with Crippen molar-refractivity contribution in [2.75, 3.05) is 19.8 Å². The van der Waals surface area contributed by atoms with Gasteiger partial charge in [0.1, 0.15) is 0 Å². The summed E-state index contributed by atoms with van der Waals surface area (Å²) >= 11 is 0. The van der Waals surface area contributed by atoms with E-state index in [1.54, 1.807) is 0 Å². The molecule has 68 valence electrons. The van der Waals surface area contributed by atoms with Gasteiger partial charge in [-0.2, -0.15) is 0 Å². The highest BCUT2D eigenvalue weighted by molar-refractivity contribution is 4.35. The molecule has 0 bridgehead atoms. The summed E-state index contributed by atoms with van der Waals surface area (Å²) in [5, 5.41) is 8.43. The van der Waals surface area contributed by atoms with Gasteiger partial charge in [0.2, 0.25) is 0 Å². The third-order valence-electron chi connectivity index (χ3n) is 1.21. The SMILES string of the molecule is CCCOC(C)OCCCO. The zero-order valence-electron chi connectivity index (χ0n) is 7.38. The van der Waals surface area contributed by atoms with Gasteiger partial charge < -0.3 is 14.6 Å². The Morgan fingerprint density at radius 2 is 1.91 bits per heavy atom. The molecule has 1 unspecified atom stereocenters. The molecule has 0 saturated carbocycles. The lowest BCUT2D eigenvalue weighted by atomic mass is 10.5. The average molecular weight is 162 g/mol. The van der Waals surface area contributed by atoms with Gasteiger partial charge in [0.25, 0.3) is 0 Å². The summed E-state index contributed by atoms with van der Waals surface area (Å²) in [5.41, 5.74) is 0. The van der Waals surface area contributed by atoms with Crippen molar-refractivity contribution in [1.82, 2.24) is 0 Å². The topological polar surface area (TPSA) is 38.7 Å². The van der Waals surface area contributed by atoms with Crippen LogP contribution in [0.15, 0.2) is 0 Å². The maximum atomic E-state index is 8.43. The van der Waals surface area contributed by atoms with Crippen LogP contribution >= 0.6 is 0 Å². The molecule has 0 spiro atoms. The fourth-order valence-corrected chi connectivity index (χ4v) is 0.646. The van der Waals surface area contributed by atoms with Gasteiger partial charge in [-0.1, -0.05) is 6.92 Å². The minimum absolute atomic E-state index is 0.138. The maximum Gasteiger partial charge on any atom is 0.154 e. The first-order valence-corrected chi connectivity index (χ1v) is 4.15. The molecule has 11 heavy (non-hydrogen) atoms. The Kier molecular flexibility index (Phi) is 7.89. The van der Waals surface area contributed by atoms with E-state index < -0.39 is 0 Å². The van der Waals surface area contributed by atoms with Crippen molar-refractivity contribution in [3.05, 3.63) is 0 Å². The minimum atomic E-state index is -0.138. The smallest absolute Gasteiger partial charge is 0.154 e. The summed E-state index contributed by atoms with van der Waals surface area (Å²) in [6, 6.07) is 0. The molecule has 0 radical (unpaired) electrons. The van der Waals surface area contributed by atoms with Crippen LogP contribution in [0.5, 0.6) is 0 Å². The van der Waals surface area contributed by atoms with Gasteiger partial charge in [0, 0.05) is 13.2 Å². The number of aliphatic hydroxyl groups excluding tert-OH is 1. The first-order valence-electron chi connectivity index (χ1n) is 4.15. The standard InChI is InChI=1S/C8H18O3/c1-3-6-10-8(2)11-7-4-5-9/h8-9H,3-7H2,1-2H3. The van der Waals surface area contributed by atoms with E-state index >= 15 is 0 Å². The summed E-state index contributed by atoms with van der Waals surface area (Å²) in [5.74, 6) is 0. The molecule has 1 N–H and O–H groups in total. The van der Waals surface area contributed by atoms with E-state index in [1.165, 1.54) is 0 Å². The summed E-state index contributed by atoms with van der Waals surface area (Å²) in [7, 11) is 0. The number of hydrogen-bond donors (Lipinski definition) is 1. The molecule has 0 aromatic rings. The van der Waals surface area contributed by atoms with E-state index in [9.17, 15) is 0 Å². The molecule has 0 aliphatic carbocycles. The van der Waals surface area contributed by atoms with Crippen LogP contribution in [0.25, 0.3) is 0 Å². The molecule has 0 rings (SSSR count). The Morgan fingerprint density at radius 3 is 2.45 bits per heavy atom. The molecule has 3 nitrogen and oxygen atoms in total. The Morgan fingerprint density at radius 1 is 1.27 bits per heavy atom. The van der Waals surface area contributed by atoms with Crippen molar-refractivity contribution < 1.29 is 14.6 Å². The van der Waals surface area contributed by atoms with Gasteiger partial charge >= 0.3 is 0 Å². The molecule has 0 amide bonds. The molecular formula is C8H18O3. The molecule has 0 aromatic carbocycles. The van der Waals surface area contributed by atoms with Gasteiger partial charge in [-0.25, -0.2) is 0 Å². The van der Waals surface area contributed by atoms with Crippen LogP contribution in [0.2, 0.25) is 0 Å². The van der Waals surface area contributed by atoms with E-state index in [0.29, 0.717) is 13.0 Å². The van der Waals surface area contributed by atoms with E-state index in [-0.39, 0.29) is 12.9 Å². The third kappa shape index (κ3) is 7.78. The Labute approximate surface area is 68.3 Å². The van der Waals surface area contributed by atoms with E-state index in [4.69, 9.17) is 14.6 Å². The highest BCUT2D eigenvalue weighted by atomic mass is 16.7. The number of rotatable bonds is 7. The molecule has 0 fully saturated rings. The van der Waals surface area contributed by atoms with E-state index in [0.717, 1.165) is 13.0 Å². The lowest BCUT2D eigenvalue weighted by molar-refractivity contribution is -0.131. The molecule has 0 aliphatic heterocycles. The second-order valence-corrected chi connectivity index (χ2v) is 2.39. The molecule has 0 aromatic heterocycles. The molecule has 1 atom stereocenters. The zero-order valence-corrected chi connectivity index (χ0v) is 7.38. The van der Waals surface area contributed by atoms with Crippen LogP contribution in [0.4, 0.5) is 0 Å². The predicted molar refractivity (Wildman–Crippen MR) is 43.4 cm³/mol. The monoisotopic (exact) mass is 162 g/mol. The van der Waals surface area contributed by atoms with Crippen molar-refractivity contribution >= 4 is 0 Å². The van der Waals surface area contributed by atoms with Crippen LogP contribution in [-0.2, 0) is 9.47 Å². The Balaban J connectivity index is 3.02. The lowest BCUT2D eigenvalue weighted by Gasteiger charge is -2.12.